The molecule has 2 unspecified atom stereocenters. The third-order valence-corrected chi connectivity index (χ3v) is 4.82. The van der Waals surface area contributed by atoms with Crippen molar-refractivity contribution in [3.05, 3.63) is 29.8 Å². The molecule has 2 fully saturated rings. The van der Waals surface area contributed by atoms with Gasteiger partial charge in [0.05, 0.1) is 0 Å². The van der Waals surface area contributed by atoms with E-state index in [4.69, 9.17) is 0 Å². The van der Waals surface area contributed by atoms with Gasteiger partial charge in [0.25, 0.3) is 5.91 Å². The quantitative estimate of drug-likeness (QED) is 0.860. The highest BCUT2D eigenvalue weighted by molar-refractivity contribution is 5.95. The molecule has 0 radical (unpaired) electrons. The van der Waals surface area contributed by atoms with Gasteiger partial charge in [0.1, 0.15) is 0 Å². The second kappa shape index (κ2) is 6.50. The molecule has 0 saturated heterocycles. The summed E-state index contributed by atoms with van der Waals surface area (Å²) in [5, 5.41) is 6.72. The maximum absolute atomic E-state index is 12.1. The van der Waals surface area contributed by atoms with Crippen LogP contribution in [0.3, 0.4) is 0 Å². The van der Waals surface area contributed by atoms with Gasteiger partial charge in [-0.3, -0.25) is 4.79 Å². The average Bonchev–Trinajstić information content (AvgIpc) is 3.32. The number of rotatable bonds is 5. The largest absolute Gasteiger partial charge is 0.382 e. The fourth-order valence-electron chi connectivity index (χ4n) is 3.35. The van der Waals surface area contributed by atoms with Gasteiger partial charge in [0, 0.05) is 23.3 Å². The maximum atomic E-state index is 12.1. The molecule has 2 aliphatic rings. The van der Waals surface area contributed by atoms with Crippen molar-refractivity contribution in [2.24, 2.45) is 5.92 Å². The van der Waals surface area contributed by atoms with E-state index in [1.165, 1.54) is 32.1 Å². The Bertz CT molecular complexity index is 496. The number of carbonyl (C=O) groups is 1. The molecule has 114 valence electrons. The lowest BCUT2D eigenvalue weighted by Crippen LogP contribution is -2.32. The Morgan fingerprint density at radius 3 is 2.76 bits per heavy atom. The van der Waals surface area contributed by atoms with Crippen LogP contribution < -0.4 is 10.6 Å². The third kappa shape index (κ3) is 3.78. The van der Waals surface area contributed by atoms with Crippen LogP contribution in [-0.4, -0.2) is 18.0 Å². The van der Waals surface area contributed by atoms with Gasteiger partial charge >= 0.3 is 0 Å². The van der Waals surface area contributed by atoms with Crippen LogP contribution in [0.15, 0.2) is 24.3 Å². The van der Waals surface area contributed by atoms with E-state index in [0.717, 1.165) is 30.0 Å². The summed E-state index contributed by atoms with van der Waals surface area (Å²) in [4.78, 5) is 12.1. The minimum Gasteiger partial charge on any atom is -0.382 e. The summed E-state index contributed by atoms with van der Waals surface area (Å²) < 4.78 is 0. The first-order valence-electron chi connectivity index (χ1n) is 8.43. The highest BCUT2D eigenvalue weighted by atomic mass is 16.1. The van der Waals surface area contributed by atoms with Crippen LogP contribution in [0, 0.1) is 5.92 Å². The van der Waals surface area contributed by atoms with Crippen molar-refractivity contribution in [1.82, 2.24) is 5.32 Å². The van der Waals surface area contributed by atoms with Crippen molar-refractivity contribution in [3.8, 4) is 0 Å². The Balaban J connectivity index is 1.65. The monoisotopic (exact) mass is 286 g/mol. The molecule has 0 aromatic heterocycles. The van der Waals surface area contributed by atoms with Crippen LogP contribution in [0.1, 0.15) is 62.2 Å². The predicted octanol–water partition coefficient (Wildman–Crippen LogP) is 3.96. The fraction of sp³-hybridized carbons (Fsp3) is 0.611. The highest BCUT2D eigenvalue weighted by Crippen LogP contribution is 2.29. The van der Waals surface area contributed by atoms with E-state index in [-0.39, 0.29) is 5.91 Å². The number of amides is 1. The number of benzene rings is 1. The van der Waals surface area contributed by atoms with Gasteiger partial charge in [-0.15, -0.1) is 0 Å². The summed E-state index contributed by atoms with van der Waals surface area (Å²) in [6, 6.07) is 8.94. The average molecular weight is 286 g/mol. The second-order valence-electron chi connectivity index (χ2n) is 6.53. The fourth-order valence-corrected chi connectivity index (χ4v) is 3.35. The summed E-state index contributed by atoms with van der Waals surface area (Å²) in [7, 11) is 0. The van der Waals surface area contributed by atoms with Crippen LogP contribution in [0.25, 0.3) is 0 Å². The lowest BCUT2D eigenvalue weighted by Gasteiger charge is -2.32. The second-order valence-corrected chi connectivity index (χ2v) is 6.53. The topological polar surface area (TPSA) is 41.1 Å². The number of carbonyl (C=O) groups excluding carboxylic acids is 1. The molecular formula is C18H26N2O. The standard InChI is InChI=1S/C18H26N2O/c1-2-13-6-3-4-9-17(13)19-16-8-5-7-14(12-16)18(21)20-15-10-11-15/h5,7-8,12-13,15,17,19H,2-4,6,9-11H2,1H3,(H,20,21). The van der Waals surface area contributed by atoms with Crippen LogP contribution in [0.4, 0.5) is 5.69 Å². The Morgan fingerprint density at radius 2 is 2.00 bits per heavy atom. The lowest BCUT2D eigenvalue weighted by molar-refractivity contribution is 0.0951. The number of hydrogen-bond acceptors (Lipinski definition) is 2. The van der Waals surface area contributed by atoms with E-state index in [1.807, 2.05) is 18.2 Å². The van der Waals surface area contributed by atoms with Gasteiger partial charge in [-0.05, 0) is 49.8 Å². The Morgan fingerprint density at radius 1 is 1.19 bits per heavy atom. The molecule has 2 atom stereocenters. The molecule has 21 heavy (non-hydrogen) atoms. The molecule has 0 aliphatic heterocycles. The molecule has 2 saturated carbocycles. The first-order chi connectivity index (χ1) is 10.3. The molecule has 0 heterocycles. The van der Waals surface area contributed by atoms with Crippen LogP contribution in [0.5, 0.6) is 0 Å². The minimum absolute atomic E-state index is 0.0665. The Hall–Kier alpha value is -1.51. The van der Waals surface area contributed by atoms with Gasteiger partial charge in [-0.2, -0.15) is 0 Å². The van der Waals surface area contributed by atoms with Crippen molar-refractivity contribution in [1.29, 1.82) is 0 Å². The molecule has 2 N–H and O–H groups in total. The number of nitrogens with one attached hydrogen (secondary N) is 2. The van der Waals surface area contributed by atoms with E-state index in [0.29, 0.717) is 12.1 Å². The summed E-state index contributed by atoms with van der Waals surface area (Å²) in [6.45, 7) is 2.28. The third-order valence-electron chi connectivity index (χ3n) is 4.82. The molecule has 1 aromatic carbocycles. The number of hydrogen-bond donors (Lipinski definition) is 2. The summed E-state index contributed by atoms with van der Waals surface area (Å²) in [6.07, 6.45) is 8.75. The summed E-state index contributed by atoms with van der Waals surface area (Å²) in [5.41, 5.74) is 1.86. The Kier molecular flexibility index (Phi) is 4.47. The molecule has 3 heteroatoms. The van der Waals surface area contributed by atoms with Crippen molar-refractivity contribution >= 4 is 11.6 Å². The Labute approximate surface area is 127 Å². The smallest absolute Gasteiger partial charge is 0.251 e. The molecule has 3 nitrogen and oxygen atoms in total. The lowest BCUT2D eigenvalue weighted by atomic mass is 9.83. The van der Waals surface area contributed by atoms with Crippen LogP contribution in [0.2, 0.25) is 0 Å². The molecule has 3 rings (SSSR count). The van der Waals surface area contributed by atoms with Crippen molar-refractivity contribution in [3.63, 3.8) is 0 Å². The molecular weight excluding hydrogens is 260 g/mol. The minimum atomic E-state index is 0.0665. The first-order valence-corrected chi connectivity index (χ1v) is 8.43. The molecule has 1 aromatic rings. The molecule has 0 spiro atoms. The van der Waals surface area contributed by atoms with Crippen molar-refractivity contribution in [2.75, 3.05) is 5.32 Å². The van der Waals surface area contributed by atoms with Gasteiger partial charge in [-0.25, -0.2) is 0 Å². The van der Waals surface area contributed by atoms with Crippen molar-refractivity contribution < 1.29 is 4.79 Å². The first kappa shape index (κ1) is 14.4. The van der Waals surface area contributed by atoms with Crippen LogP contribution >= 0.6 is 0 Å². The van der Waals surface area contributed by atoms with E-state index < -0.39 is 0 Å². The van der Waals surface area contributed by atoms with Gasteiger partial charge in [0.2, 0.25) is 0 Å². The van der Waals surface area contributed by atoms with E-state index in [9.17, 15) is 4.79 Å². The van der Waals surface area contributed by atoms with E-state index in [1.54, 1.807) is 0 Å². The molecule has 2 aliphatic carbocycles. The molecule has 0 bridgehead atoms. The predicted molar refractivity (Wildman–Crippen MR) is 86.6 cm³/mol. The van der Waals surface area contributed by atoms with E-state index in [2.05, 4.69) is 23.6 Å². The van der Waals surface area contributed by atoms with Crippen molar-refractivity contribution in [2.45, 2.75) is 64.0 Å². The van der Waals surface area contributed by atoms with E-state index >= 15 is 0 Å². The molecule has 1 amide bonds. The summed E-state index contributed by atoms with van der Waals surface area (Å²) in [5.74, 6) is 0.833. The highest BCUT2D eigenvalue weighted by Gasteiger charge is 2.25. The van der Waals surface area contributed by atoms with Gasteiger partial charge in [-0.1, -0.05) is 32.3 Å². The van der Waals surface area contributed by atoms with Crippen LogP contribution in [-0.2, 0) is 0 Å². The summed E-state index contributed by atoms with van der Waals surface area (Å²) >= 11 is 0. The zero-order chi connectivity index (χ0) is 14.7. The van der Waals surface area contributed by atoms with Gasteiger partial charge < -0.3 is 10.6 Å². The van der Waals surface area contributed by atoms with Gasteiger partial charge in [0.15, 0.2) is 0 Å². The maximum Gasteiger partial charge on any atom is 0.251 e. The normalized spacial score (nSPS) is 25.4. The zero-order valence-corrected chi connectivity index (χ0v) is 12.9. The zero-order valence-electron chi connectivity index (χ0n) is 12.9. The SMILES string of the molecule is CCC1CCCCC1Nc1cccc(C(=O)NC2CC2)c1. The number of anilines is 1.